The first-order valence-electron chi connectivity index (χ1n) is 9.78. The maximum absolute atomic E-state index is 12.9. The van der Waals surface area contributed by atoms with Gasteiger partial charge in [-0.25, -0.2) is 9.69 Å². The molecule has 1 heterocycles. The van der Waals surface area contributed by atoms with Crippen molar-refractivity contribution in [2.45, 2.75) is 6.61 Å². The van der Waals surface area contributed by atoms with Crippen molar-refractivity contribution in [3.63, 3.8) is 0 Å². The molecule has 0 spiro atoms. The summed E-state index contributed by atoms with van der Waals surface area (Å²) in [6.45, 7) is -0.377. The molecule has 0 atom stereocenters. The van der Waals surface area contributed by atoms with Crippen molar-refractivity contribution in [3.05, 3.63) is 96.0 Å². The SMILES string of the molecule is COc1cc(N2C(=O)c3cc(Cl)c(Cl)cc3C2=O)c(Cl)cc1C(=O)OCc1ccccc1[N+](=O)[O-]. The number of nitrogens with zero attached hydrogens (tertiary/aromatic N) is 2. The number of hydrogen-bond acceptors (Lipinski definition) is 7. The Kier molecular flexibility index (Phi) is 6.66. The smallest absolute Gasteiger partial charge is 0.342 e. The van der Waals surface area contributed by atoms with Crippen LogP contribution in [0.3, 0.4) is 0 Å². The molecule has 2 amide bonds. The number of esters is 1. The first-order chi connectivity index (χ1) is 16.6. The van der Waals surface area contributed by atoms with Crippen LogP contribution in [0, 0.1) is 10.1 Å². The van der Waals surface area contributed by atoms with Gasteiger partial charge < -0.3 is 9.47 Å². The van der Waals surface area contributed by atoms with E-state index in [1.54, 1.807) is 6.07 Å². The molecule has 35 heavy (non-hydrogen) atoms. The summed E-state index contributed by atoms with van der Waals surface area (Å²) < 4.78 is 10.5. The van der Waals surface area contributed by atoms with Gasteiger partial charge in [-0.3, -0.25) is 19.7 Å². The summed E-state index contributed by atoms with van der Waals surface area (Å²) in [5, 5.41) is 11.3. The number of halogens is 3. The summed E-state index contributed by atoms with van der Waals surface area (Å²) in [5.41, 5.74) is -0.0538. The van der Waals surface area contributed by atoms with E-state index in [0.717, 1.165) is 4.90 Å². The third-order valence-electron chi connectivity index (χ3n) is 5.20. The zero-order chi connectivity index (χ0) is 25.4. The van der Waals surface area contributed by atoms with Gasteiger partial charge in [-0.1, -0.05) is 46.9 Å². The molecule has 9 nitrogen and oxygen atoms in total. The minimum absolute atomic E-state index is 0.0304. The molecule has 0 bridgehead atoms. The molecule has 0 aliphatic carbocycles. The van der Waals surface area contributed by atoms with Crippen molar-refractivity contribution in [2.24, 2.45) is 0 Å². The minimum Gasteiger partial charge on any atom is -0.496 e. The summed E-state index contributed by atoms with van der Waals surface area (Å²) in [5.74, 6) is -2.28. The standard InChI is InChI=1S/C23H13Cl3N2O7/c1-34-20-9-19(27-21(29)12-6-15(24)16(25)7-13(12)22(27)30)17(26)8-14(20)23(31)35-10-11-4-2-3-5-18(11)28(32)33/h2-9H,10H2,1H3. The molecule has 1 aliphatic rings. The Bertz CT molecular complexity index is 1380. The van der Waals surface area contributed by atoms with E-state index in [1.165, 1.54) is 49.6 Å². The highest BCUT2D eigenvalue weighted by Gasteiger charge is 2.39. The highest BCUT2D eigenvalue weighted by molar-refractivity contribution is 6.45. The Morgan fingerprint density at radius 2 is 1.57 bits per heavy atom. The van der Waals surface area contributed by atoms with Crippen molar-refractivity contribution in [1.29, 1.82) is 0 Å². The second-order valence-electron chi connectivity index (χ2n) is 7.22. The lowest BCUT2D eigenvalue weighted by Crippen LogP contribution is -2.29. The number of rotatable bonds is 6. The predicted octanol–water partition coefficient (Wildman–Crippen LogP) is 5.72. The van der Waals surface area contributed by atoms with E-state index in [0.29, 0.717) is 0 Å². The molecule has 1 aliphatic heterocycles. The van der Waals surface area contributed by atoms with Crippen LogP contribution in [0.25, 0.3) is 0 Å². The normalized spacial score (nSPS) is 12.5. The molecule has 0 fully saturated rings. The number of para-hydroxylation sites is 1. The lowest BCUT2D eigenvalue weighted by Gasteiger charge is -2.18. The summed E-state index contributed by atoms with van der Waals surface area (Å²) in [7, 11) is 1.27. The highest BCUT2D eigenvalue weighted by atomic mass is 35.5. The first-order valence-corrected chi connectivity index (χ1v) is 10.9. The van der Waals surface area contributed by atoms with Gasteiger partial charge in [0, 0.05) is 12.1 Å². The largest absolute Gasteiger partial charge is 0.496 e. The van der Waals surface area contributed by atoms with Crippen molar-refractivity contribution >= 4 is 64.0 Å². The second-order valence-corrected chi connectivity index (χ2v) is 8.45. The number of carbonyl (C=O) groups excluding carboxylic acids is 3. The highest BCUT2D eigenvalue weighted by Crippen LogP contribution is 2.39. The molecule has 0 unspecified atom stereocenters. The van der Waals surface area contributed by atoms with Gasteiger partial charge in [0.15, 0.2) is 0 Å². The van der Waals surface area contributed by atoms with Crippen molar-refractivity contribution in [2.75, 3.05) is 12.0 Å². The van der Waals surface area contributed by atoms with E-state index in [4.69, 9.17) is 44.3 Å². The van der Waals surface area contributed by atoms with Gasteiger partial charge in [0.05, 0.1) is 49.5 Å². The van der Waals surface area contributed by atoms with Gasteiger partial charge in [0.25, 0.3) is 17.5 Å². The van der Waals surface area contributed by atoms with Crippen LogP contribution < -0.4 is 9.64 Å². The Labute approximate surface area is 212 Å². The van der Waals surface area contributed by atoms with Crippen molar-refractivity contribution in [3.8, 4) is 5.75 Å². The molecule has 0 radical (unpaired) electrons. The van der Waals surface area contributed by atoms with Crippen LogP contribution in [0.15, 0.2) is 48.5 Å². The predicted molar refractivity (Wildman–Crippen MR) is 128 cm³/mol. The number of methoxy groups -OCH3 is 1. The van der Waals surface area contributed by atoms with Gasteiger partial charge in [0.1, 0.15) is 17.9 Å². The topological polar surface area (TPSA) is 116 Å². The molecule has 0 saturated heterocycles. The van der Waals surface area contributed by atoms with Gasteiger partial charge in [0.2, 0.25) is 0 Å². The number of hydrogen-bond donors (Lipinski definition) is 0. The Balaban J connectivity index is 1.64. The Morgan fingerprint density at radius 1 is 0.971 bits per heavy atom. The van der Waals surface area contributed by atoms with Crippen LogP contribution in [0.4, 0.5) is 11.4 Å². The molecule has 178 valence electrons. The van der Waals surface area contributed by atoms with E-state index >= 15 is 0 Å². The number of carbonyl (C=O) groups is 3. The Morgan fingerprint density at radius 3 is 2.14 bits per heavy atom. The molecule has 4 rings (SSSR count). The van der Waals surface area contributed by atoms with Crippen LogP contribution in [-0.2, 0) is 11.3 Å². The number of benzene rings is 3. The molecule has 3 aromatic carbocycles. The van der Waals surface area contributed by atoms with E-state index in [1.807, 2.05) is 0 Å². The number of nitro benzene ring substituents is 1. The van der Waals surface area contributed by atoms with Crippen molar-refractivity contribution in [1.82, 2.24) is 0 Å². The minimum atomic E-state index is -0.880. The summed E-state index contributed by atoms with van der Waals surface area (Å²) in [4.78, 5) is 50.0. The fraction of sp³-hybridized carbons (Fsp3) is 0.0870. The molecule has 0 saturated carbocycles. The summed E-state index contributed by atoms with van der Waals surface area (Å²) in [6, 6.07) is 10.8. The number of anilines is 1. The monoisotopic (exact) mass is 534 g/mol. The molecular weight excluding hydrogens is 523 g/mol. The lowest BCUT2D eigenvalue weighted by molar-refractivity contribution is -0.385. The van der Waals surface area contributed by atoms with Gasteiger partial charge >= 0.3 is 5.97 Å². The maximum atomic E-state index is 12.9. The molecule has 3 aromatic rings. The number of ether oxygens (including phenoxy) is 2. The van der Waals surface area contributed by atoms with Crippen molar-refractivity contribution < 1.29 is 28.8 Å². The molecule has 0 aromatic heterocycles. The number of fused-ring (bicyclic) bond motifs is 1. The summed E-state index contributed by atoms with van der Waals surface area (Å²) in [6.07, 6.45) is 0. The second kappa shape index (κ2) is 9.53. The van der Waals surface area contributed by atoms with Crippen LogP contribution in [-0.4, -0.2) is 29.8 Å². The fourth-order valence-electron chi connectivity index (χ4n) is 3.53. The average Bonchev–Trinajstić information content (AvgIpc) is 3.06. The van der Waals surface area contributed by atoms with Crippen LogP contribution in [0.1, 0.15) is 36.6 Å². The molecule has 0 N–H and O–H groups in total. The lowest BCUT2D eigenvalue weighted by atomic mass is 10.1. The Hall–Kier alpha value is -3.66. The number of nitro groups is 1. The van der Waals surface area contributed by atoms with E-state index in [9.17, 15) is 24.5 Å². The van der Waals surface area contributed by atoms with E-state index in [2.05, 4.69) is 0 Å². The quantitative estimate of drug-likeness (QED) is 0.171. The molecule has 12 heteroatoms. The fourth-order valence-corrected chi connectivity index (χ4v) is 4.10. The zero-order valence-electron chi connectivity index (χ0n) is 17.7. The van der Waals surface area contributed by atoms with E-state index < -0.39 is 22.7 Å². The number of imide groups is 1. The van der Waals surface area contributed by atoms with E-state index in [-0.39, 0.29) is 61.1 Å². The first kappa shape index (κ1) is 24.5. The third-order valence-corrected chi connectivity index (χ3v) is 6.23. The van der Waals surface area contributed by atoms with Crippen LogP contribution in [0.5, 0.6) is 5.75 Å². The summed E-state index contributed by atoms with van der Waals surface area (Å²) >= 11 is 18.3. The van der Waals surface area contributed by atoms with Gasteiger partial charge in [-0.05, 0) is 24.3 Å². The van der Waals surface area contributed by atoms with Gasteiger partial charge in [-0.2, -0.15) is 0 Å². The number of amides is 2. The van der Waals surface area contributed by atoms with Crippen LogP contribution in [0.2, 0.25) is 15.1 Å². The zero-order valence-corrected chi connectivity index (χ0v) is 20.0. The van der Waals surface area contributed by atoms with Crippen LogP contribution >= 0.6 is 34.8 Å². The van der Waals surface area contributed by atoms with Gasteiger partial charge in [-0.15, -0.1) is 0 Å². The maximum Gasteiger partial charge on any atom is 0.342 e. The average molecular weight is 536 g/mol. The third kappa shape index (κ3) is 4.41. The molecular formula is C23H13Cl3N2O7.